The van der Waals surface area contributed by atoms with Crippen molar-refractivity contribution < 1.29 is 4.74 Å². The van der Waals surface area contributed by atoms with Crippen LogP contribution in [0.15, 0.2) is 64.5 Å². The van der Waals surface area contributed by atoms with Crippen LogP contribution in [0.25, 0.3) is 0 Å². The van der Waals surface area contributed by atoms with E-state index in [1.165, 1.54) is 4.90 Å². The summed E-state index contributed by atoms with van der Waals surface area (Å²) in [7, 11) is 1.64. The summed E-state index contributed by atoms with van der Waals surface area (Å²) in [5, 5.41) is 3.44. The molecule has 2 aromatic rings. The third-order valence-electron chi connectivity index (χ3n) is 2.96. The lowest BCUT2D eigenvalue weighted by molar-refractivity contribution is 0.415. The Bertz CT molecular complexity index is 599. The van der Waals surface area contributed by atoms with Gasteiger partial charge in [0.1, 0.15) is 5.75 Å². The first-order chi connectivity index (χ1) is 10.7. The SMILES string of the molecule is COc1ccc(NC(N)=NCC(C)Sc2ccccc2)cc1. The van der Waals surface area contributed by atoms with Crippen LogP contribution in [0.3, 0.4) is 0 Å². The van der Waals surface area contributed by atoms with E-state index in [1.54, 1.807) is 18.9 Å². The van der Waals surface area contributed by atoms with Crippen molar-refractivity contribution in [3.63, 3.8) is 0 Å². The number of nitrogens with one attached hydrogen (secondary N) is 1. The van der Waals surface area contributed by atoms with Crippen molar-refractivity contribution in [3.8, 4) is 5.75 Å². The van der Waals surface area contributed by atoms with Crippen LogP contribution in [0.4, 0.5) is 5.69 Å². The quantitative estimate of drug-likeness (QED) is 0.486. The lowest BCUT2D eigenvalue weighted by Crippen LogP contribution is -2.23. The summed E-state index contributed by atoms with van der Waals surface area (Å²) >= 11 is 1.79. The molecule has 0 saturated heterocycles. The van der Waals surface area contributed by atoms with Crippen LogP contribution in [0.1, 0.15) is 6.92 Å². The Morgan fingerprint density at radius 2 is 1.86 bits per heavy atom. The molecule has 0 aliphatic carbocycles. The molecule has 0 bridgehead atoms. The van der Waals surface area contributed by atoms with Gasteiger partial charge in [0.2, 0.25) is 0 Å². The Morgan fingerprint density at radius 3 is 2.50 bits per heavy atom. The monoisotopic (exact) mass is 315 g/mol. The van der Waals surface area contributed by atoms with Crippen molar-refractivity contribution in [2.45, 2.75) is 17.1 Å². The van der Waals surface area contributed by atoms with Crippen LogP contribution >= 0.6 is 11.8 Å². The Labute approximate surface area is 135 Å². The zero-order chi connectivity index (χ0) is 15.8. The van der Waals surface area contributed by atoms with Crippen LogP contribution in [0, 0.1) is 0 Å². The minimum Gasteiger partial charge on any atom is -0.497 e. The Kier molecular flexibility index (Phi) is 6.15. The molecule has 0 aromatic heterocycles. The van der Waals surface area contributed by atoms with Crippen LogP contribution < -0.4 is 15.8 Å². The second-order valence-corrected chi connectivity index (χ2v) is 6.33. The van der Waals surface area contributed by atoms with Gasteiger partial charge in [-0.15, -0.1) is 11.8 Å². The summed E-state index contributed by atoms with van der Waals surface area (Å²) in [5.74, 6) is 1.24. The molecule has 3 N–H and O–H groups in total. The van der Waals surface area contributed by atoms with Gasteiger partial charge in [-0.3, -0.25) is 4.99 Å². The van der Waals surface area contributed by atoms with E-state index < -0.39 is 0 Å². The number of ether oxygens (including phenoxy) is 1. The van der Waals surface area contributed by atoms with Gasteiger partial charge < -0.3 is 15.8 Å². The molecule has 5 heteroatoms. The third kappa shape index (κ3) is 5.33. The number of thioether (sulfide) groups is 1. The number of nitrogens with two attached hydrogens (primary N) is 1. The molecular formula is C17H21N3OS. The highest BCUT2D eigenvalue weighted by Gasteiger charge is 2.04. The average molecular weight is 315 g/mol. The molecule has 1 atom stereocenters. The molecule has 116 valence electrons. The number of guanidine groups is 1. The van der Waals surface area contributed by atoms with E-state index >= 15 is 0 Å². The molecule has 22 heavy (non-hydrogen) atoms. The number of hydrogen-bond acceptors (Lipinski definition) is 3. The highest BCUT2D eigenvalue weighted by Crippen LogP contribution is 2.22. The molecule has 0 spiro atoms. The minimum absolute atomic E-state index is 0.360. The van der Waals surface area contributed by atoms with Crippen LogP contribution in [-0.2, 0) is 0 Å². The fraction of sp³-hybridized carbons (Fsp3) is 0.235. The predicted octanol–water partition coefficient (Wildman–Crippen LogP) is 3.60. The van der Waals surface area contributed by atoms with Crippen LogP contribution in [0.5, 0.6) is 5.75 Å². The van der Waals surface area contributed by atoms with E-state index in [0.29, 0.717) is 17.8 Å². The molecule has 2 rings (SSSR count). The molecule has 0 amide bonds. The number of anilines is 1. The number of nitrogens with zero attached hydrogens (tertiary/aromatic N) is 1. The zero-order valence-electron chi connectivity index (χ0n) is 12.8. The lowest BCUT2D eigenvalue weighted by atomic mass is 10.3. The molecule has 0 fully saturated rings. The van der Waals surface area contributed by atoms with Crippen molar-refractivity contribution in [2.24, 2.45) is 10.7 Å². The maximum absolute atomic E-state index is 5.92. The second kappa shape index (κ2) is 8.34. The Hall–Kier alpha value is -2.14. The summed E-state index contributed by atoms with van der Waals surface area (Å²) < 4.78 is 5.12. The molecule has 0 heterocycles. The largest absolute Gasteiger partial charge is 0.497 e. The van der Waals surface area contributed by atoms with Gasteiger partial charge in [-0.1, -0.05) is 25.1 Å². The number of aliphatic imine (C=N–C) groups is 1. The van der Waals surface area contributed by atoms with Crippen LogP contribution in [-0.4, -0.2) is 24.9 Å². The lowest BCUT2D eigenvalue weighted by Gasteiger charge is -2.10. The maximum Gasteiger partial charge on any atom is 0.193 e. The topological polar surface area (TPSA) is 59.6 Å². The minimum atomic E-state index is 0.360. The van der Waals surface area contributed by atoms with Gasteiger partial charge in [-0.2, -0.15) is 0 Å². The molecule has 0 radical (unpaired) electrons. The van der Waals surface area contributed by atoms with Gasteiger partial charge >= 0.3 is 0 Å². The van der Waals surface area contributed by atoms with E-state index in [4.69, 9.17) is 10.5 Å². The normalized spacial score (nSPS) is 12.7. The van der Waals surface area contributed by atoms with Crippen LogP contribution in [0.2, 0.25) is 0 Å². The first-order valence-electron chi connectivity index (χ1n) is 7.10. The first kappa shape index (κ1) is 16.2. The molecular weight excluding hydrogens is 294 g/mol. The molecule has 2 aromatic carbocycles. The van der Waals surface area contributed by atoms with E-state index in [1.807, 2.05) is 42.5 Å². The van der Waals surface area contributed by atoms with Gasteiger partial charge in [0, 0.05) is 15.8 Å². The number of hydrogen-bond donors (Lipinski definition) is 2. The number of benzene rings is 2. The van der Waals surface area contributed by atoms with Crippen molar-refractivity contribution >= 4 is 23.4 Å². The van der Waals surface area contributed by atoms with Crippen molar-refractivity contribution in [1.82, 2.24) is 0 Å². The van der Waals surface area contributed by atoms with Crippen molar-refractivity contribution in [1.29, 1.82) is 0 Å². The van der Waals surface area contributed by atoms with Gasteiger partial charge in [0.05, 0.1) is 13.7 Å². The molecule has 1 unspecified atom stereocenters. The number of methoxy groups -OCH3 is 1. The smallest absolute Gasteiger partial charge is 0.193 e. The highest BCUT2D eigenvalue weighted by atomic mass is 32.2. The second-order valence-electron chi connectivity index (χ2n) is 4.82. The molecule has 0 saturated carbocycles. The third-order valence-corrected chi connectivity index (χ3v) is 4.06. The summed E-state index contributed by atoms with van der Waals surface area (Å²) in [6.45, 7) is 2.80. The fourth-order valence-corrected chi connectivity index (χ4v) is 2.79. The van der Waals surface area contributed by atoms with Gasteiger partial charge in [0.15, 0.2) is 5.96 Å². The van der Waals surface area contributed by atoms with E-state index in [0.717, 1.165) is 11.4 Å². The van der Waals surface area contributed by atoms with Gasteiger partial charge in [-0.05, 0) is 36.4 Å². The fourth-order valence-electron chi connectivity index (χ4n) is 1.86. The summed E-state index contributed by atoms with van der Waals surface area (Å²) in [6.07, 6.45) is 0. The average Bonchev–Trinajstić information content (AvgIpc) is 2.55. The summed E-state index contributed by atoms with van der Waals surface area (Å²) in [6, 6.07) is 17.9. The predicted molar refractivity (Wildman–Crippen MR) is 94.9 cm³/mol. The first-order valence-corrected chi connectivity index (χ1v) is 7.98. The molecule has 4 nitrogen and oxygen atoms in total. The van der Waals surface area contributed by atoms with E-state index in [9.17, 15) is 0 Å². The highest BCUT2D eigenvalue weighted by molar-refractivity contribution is 8.00. The summed E-state index contributed by atoms with van der Waals surface area (Å²) in [5.41, 5.74) is 6.81. The van der Waals surface area contributed by atoms with Gasteiger partial charge in [0.25, 0.3) is 0 Å². The standard InChI is InChI=1S/C17H21N3OS/c1-13(22-16-6-4-3-5-7-16)12-19-17(18)20-14-8-10-15(21-2)11-9-14/h3-11,13H,12H2,1-2H3,(H3,18,19,20). The van der Waals surface area contributed by atoms with Crippen molar-refractivity contribution in [3.05, 3.63) is 54.6 Å². The number of rotatable bonds is 6. The molecule has 0 aliphatic rings. The summed E-state index contributed by atoms with van der Waals surface area (Å²) in [4.78, 5) is 5.63. The Morgan fingerprint density at radius 1 is 1.18 bits per heavy atom. The zero-order valence-corrected chi connectivity index (χ0v) is 13.6. The van der Waals surface area contributed by atoms with E-state index in [-0.39, 0.29) is 0 Å². The maximum atomic E-state index is 5.92. The van der Waals surface area contributed by atoms with Crippen molar-refractivity contribution in [2.75, 3.05) is 19.0 Å². The molecule has 0 aliphatic heterocycles. The van der Waals surface area contributed by atoms with E-state index in [2.05, 4.69) is 29.4 Å². The van der Waals surface area contributed by atoms with Gasteiger partial charge in [-0.25, -0.2) is 0 Å². The Balaban J connectivity index is 1.83.